The van der Waals surface area contributed by atoms with Crippen LogP contribution in [-0.4, -0.2) is 28.3 Å². The molecule has 1 unspecified atom stereocenters. The molecule has 4 rings (SSSR count). The molecule has 130 valence electrons. The molecule has 1 aliphatic rings. The Morgan fingerprint density at radius 3 is 2.77 bits per heavy atom. The monoisotopic (exact) mass is 366 g/mol. The first-order valence-corrected chi connectivity index (χ1v) is 8.55. The van der Waals surface area contributed by atoms with Crippen LogP contribution in [0.3, 0.4) is 0 Å². The molecule has 3 heterocycles. The Bertz CT molecular complexity index is 985. The number of amides is 2. The quantitative estimate of drug-likeness (QED) is 0.771. The molecule has 7 heteroatoms. The molecule has 3 aromatic rings. The van der Waals surface area contributed by atoms with Gasteiger partial charge in [0.05, 0.1) is 17.1 Å². The minimum absolute atomic E-state index is 0.0753. The van der Waals surface area contributed by atoms with E-state index in [1.54, 1.807) is 59.9 Å². The predicted octanol–water partition coefficient (Wildman–Crippen LogP) is 3.27. The summed E-state index contributed by atoms with van der Waals surface area (Å²) in [6.07, 6.45) is 5.13. The van der Waals surface area contributed by atoms with E-state index < -0.39 is 5.92 Å². The van der Waals surface area contributed by atoms with Gasteiger partial charge in [0, 0.05) is 47.7 Å². The third-order valence-corrected chi connectivity index (χ3v) is 4.69. The Morgan fingerprint density at radius 2 is 1.96 bits per heavy atom. The first kappa shape index (κ1) is 16.5. The SMILES string of the molecule is O=C(Nc1ccnc2ccncc12)C1CC(=O)N(c2ccc(Cl)cc2)C1. The zero-order valence-electron chi connectivity index (χ0n) is 13.7. The van der Waals surface area contributed by atoms with E-state index in [-0.39, 0.29) is 18.2 Å². The summed E-state index contributed by atoms with van der Waals surface area (Å²) in [5.74, 6) is -0.682. The summed E-state index contributed by atoms with van der Waals surface area (Å²) in [7, 11) is 0. The highest BCUT2D eigenvalue weighted by Crippen LogP contribution is 2.28. The van der Waals surface area contributed by atoms with Crippen LogP contribution < -0.4 is 10.2 Å². The number of pyridine rings is 2. The molecule has 26 heavy (non-hydrogen) atoms. The number of anilines is 2. The molecule has 1 saturated heterocycles. The Labute approximate surface area is 154 Å². The number of nitrogens with zero attached hydrogens (tertiary/aromatic N) is 3. The highest BCUT2D eigenvalue weighted by molar-refractivity contribution is 6.30. The van der Waals surface area contributed by atoms with E-state index in [4.69, 9.17) is 11.6 Å². The van der Waals surface area contributed by atoms with Crippen LogP contribution in [0, 0.1) is 5.92 Å². The van der Waals surface area contributed by atoms with Crippen LogP contribution in [0.25, 0.3) is 10.9 Å². The van der Waals surface area contributed by atoms with E-state index in [0.29, 0.717) is 17.3 Å². The Kier molecular flexibility index (Phi) is 4.26. The Balaban J connectivity index is 1.52. The summed E-state index contributed by atoms with van der Waals surface area (Å²) >= 11 is 5.89. The smallest absolute Gasteiger partial charge is 0.229 e. The molecule has 0 aliphatic carbocycles. The summed E-state index contributed by atoms with van der Waals surface area (Å²) in [6.45, 7) is 0.341. The fourth-order valence-electron chi connectivity index (χ4n) is 3.09. The van der Waals surface area contributed by atoms with Crippen molar-refractivity contribution in [1.29, 1.82) is 0 Å². The van der Waals surface area contributed by atoms with E-state index in [0.717, 1.165) is 16.6 Å². The average molecular weight is 367 g/mol. The van der Waals surface area contributed by atoms with Crippen molar-refractivity contribution in [2.24, 2.45) is 5.92 Å². The largest absolute Gasteiger partial charge is 0.325 e. The first-order valence-electron chi connectivity index (χ1n) is 8.17. The number of rotatable bonds is 3. The van der Waals surface area contributed by atoms with Crippen LogP contribution >= 0.6 is 11.6 Å². The number of carbonyl (C=O) groups excluding carboxylic acids is 2. The molecule has 0 bridgehead atoms. The molecule has 2 amide bonds. The van der Waals surface area contributed by atoms with Gasteiger partial charge in [-0.2, -0.15) is 0 Å². The molecule has 1 aliphatic heterocycles. The van der Waals surface area contributed by atoms with Crippen molar-refractivity contribution in [2.45, 2.75) is 6.42 Å². The zero-order valence-corrected chi connectivity index (χ0v) is 14.5. The second-order valence-electron chi connectivity index (χ2n) is 6.12. The number of fused-ring (bicyclic) bond motifs is 1. The molecule has 1 atom stereocenters. The molecular formula is C19H15ClN4O2. The molecule has 0 spiro atoms. The van der Waals surface area contributed by atoms with Crippen LogP contribution in [0.1, 0.15) is 6.42 Å². The second kappa shape index (κ2) is 6.72. The summed E-state index contributed by atoms with van der Waals surface area (Å²) in [6, 6.07) is 10.5. The lowest BCUT2D eigenvalue weighted by Gasteiger charge is -2.17. The minimum atomic E-state index is -0.418. The number of halogens is 1. The number of aromatic nitrogens is 2. The normalized spacial score (nSPS) is 16.9. The van der Waals surface area contributed by atoms with Gasteiger partial charge in [0.2, 0.25) is 11.8 Å². The van der Waals surface area contributed by atoms with Crippen LogP contribution in [0.2, 0.25) is 5.02 Å². The lowest BCUT2D eigenvalue weighted by atomic mass is 10.1. The van der Waals surface area contributed by atoms with Gasteiger partial charge in [0.15, 0.2) is 0 Å². The summed E-state index contributed by atoms with van der Waals surface area (Å²) in [4.78, 5) is 35.0. The summed E-state index contributed by atoms with van der Waals surface area (Å²) < 4.78 is 0. The number of hydrogen-bond donors (Lipinski definition) is 1. The van der Waals surface area contributed by atoms with Gasteiger partial charge >= 0.3 is 0 Å². The zero-order chi connectivity index (χ0) is 18.1. The molecule has 0 saturated carbocycles. The lowest BCUT2D eigenvalue weighted by molar-refractivity contribution is -0.122. The molecule has 6 nitrogen and oxygen atoms in total. The Morgan fingerprint density at radius 1 is 1.15 bits per heavy atom. The van der Waals surface area contributed by atoms with Crippen LogP contribution in [0.15, 0.2) is 55.0 Å². The van der Waals surface area contributed by atoms with Gasteiger partial charge in [-0.1, -0.05) is 11.6 Å². The van der Waals surface area contributed by atoms with Crippen molar-refractivity contribution in [3.63, 3.8) is 0 Å². The van der Waals surface area contributed by atoms with Crippen LogP contribution in [-0.2, 0) is 9.59 Å². The summed E-state index contributed by atoms with van der Waals surface area (Å²) in [5, 5.41) is 4.28. The maximum Gasteiger partial charge on any atom is 0.229 e. The van der Waals surface area contributed by atoms with E-state index in [1.807, 2.05) is 0 Å². The highest BCUT2D eigenvalue weighted by Gasteiger charge is 2.35. The molecule has 0 radical (unpaired) electrons. The van der Waals surface area contributed by atoms with E-state index in [2.05, 4.69) is 15.3 Å². The molecule has 1 N–H and O–H groups in total. The topological polar surface area (TPSA) is 75.2 Å². The van der Waals surface area contributed by atoms with Gasteiger partial charge in [-0.05, 0) is 36.4 Å². The van der Waals surface area contributed by atoms with Crippen molar-refractivity contribution in [3.05, 3.63) is 60.0 Å². The molecular weight excluding hydrogens is 352 g/mol. The molecule has 2 aromatic heterocycles. The van der Waals surface area contributed by atoms with Gasteiger partial charge in [-0.3, -0.25) is 19.6 Å². The minimum Gasteiger partial charge on any atom is -0.325 e. The third kappa shape index (κ3) is 3.11. The van der Waals surface area contributed by atoms with Gasteiger partial charge in [-0.15, -0.1) is 0 Å². The van der Waals surface area contributed by atoms with Crippen LogP contribution in [0.5, 0.6) is 0 Å². The van der Waals surface area contributed by atoms with Crippen molar-refractivity contribution in [1.82, 2.24) is 9.97 Å². The first-order chi connectivity index (χ1) is 12.6. The number of carbonyl (C=O) groups is 2. The van der Waals surface area contributed by atoms with Gasteiger partial charge in [0.25, 0.3) is 0 Å². The van der Waals surface area contributed by atoms with E-state index in [1.165, 1.54) is 0 Å². The second-order valence-corrected chi connectivity index (χ2v) is 6.56. The fourth-order valence-corrected chi connectivity index (χ4v) is 3.21. The maximum absolute atomic E-state index is 12.7. The lowest BCUT2D eigenvalue weighted by Crippen LogP contribution is -2.28. The molecule has 1 aromatic carbocycles. The summed E-state index contributed by atoms with van der Waals surface area (Å²) in [5.41, 5.74) is 2.14. The predicted molar refractivity (Wildman–Crippen MR) is 100 cm³/mol. The van der Waals surface area contributed by atoms with Crippen LogP contribution in [0.4, 0.5) is 11.4 Å². The maximum atomic E-state index is 12.7. The third-order valence-electron chi connectivity index (χ3n) is 4.44. The standard InChI is InChI=1S/C19H15ClN4O2/c20-13-1-3-14(4-2-13)24-11-12(9-18(24)25)19(26)23-17-6-8-22-16-5-7-21-10-15(16)17/h1-8,10,12H,9,11H2,(H,22,23,26). The van der Waals surface area contributed by atoms with E-state index in [9.17, 15) is 9.59 Å². The van der Waals surface area contributed by atoms with Gasteiger partial charge < -0.3 is 10.2 Å². The Hall–Kier alpha value is -2.99. The van der Waals surface area contributed by atoms with Crippen molar-refractivity contribution in [3.8, 4) is 0 Å². The van der Waals surface area contributed by atoms with Crippen molar-refractivity contribution >= 4 is 45.7 Å². The fraction of sp³-hybridized carbons (Fsp3) is 0.158. The molecule has 1 fully saturated rings. The number of hydrogen-bond acceptors (Lipinski definition) is 4. The highest BCUT2D eigenvalue weighted by atomic mass is 35.5. The van der Waals surface area contributed by atoms with E-state index >= 15 is 0 Å². The number of nitrogens with one attached hydrogen (secondary N) is 1. The van der Waals surface area contributed by atoms with Gasteiger partial charge in [0.1, 0.15) is 0 Å². The van der Waals surface area contributed by atoms with Gasteiger partial charge in [-0.25, -0.2) is 0 Å². The van der Waals surface area contributed by atoms with Crippen molar-refractivity contribution < 1.29 is 9.59 Å². The van der Waals surface area contributed by atoms with Crippen molar-refractivity contribution in [2.75, 3.05) is 16.8 Å². The number of benzene rings is 1. The average Bonchev–Trinajstić information content (AvgIpc) is 3.05.